The topological polar surface area (TPSA) is 63.8 Å². The molecular formula is C12H20N4S. The van der Waals surface area contributed by atoms with Gasteiger partial charge in [0, 0.05) is 12.2 Å². The molecule has 1 aromatic rings. The minimum absolute atomic E-state index is 0.297. The fraction of sp³-hybridized carbons (Fsp3) is 0.583. The van der Waals surface area contributed by atoms with Gasteiger partial charge in [0.1, 0.15) is 10.7 Å². The Labute approximate surface area is 108 Å². The summed E-state index contributed by atoms with van der Waals surface area (Å²) >= 11 is 4.89. The molecule has 0 aliphatic carbocycles. The van der Waals surface area contributed by atoms with Crippen LogP contribution in [-0.4, -0.2) is 21.0 Å². The lowest BCUT2D eigenvalue weighted by Gasteiger charge is -2.22. The predicted octanol–water partition coefficient (Wildman–Crippen LogP) is 2.35. The number of thiocarbonyl (C=S) groups is 1. The first-order valence-electron chi connectivity index (χ1n) is 5.97. The molecule has 4 nitrogen and oxygen atoms in total. The normalized spacial score (nSPS) is 12.5. The van der Waals surface area contributed by atoms with Crippen LogP contribution >= 0.6 is 12.2 Å². The smallest absolute Gasteiger partial charge is 0.223 e. The number of aromatic nitrogens is 2. The predicted molar refractivity (Wildman–Crippen MR) is 75.1 cm³/mol. The number of rotatable bonds is 6. The molecule has 0 saturated carbocycles. The van der Waals surface area contributed by atoms with Crippen LogP contribution < -0.4 is 11.1 Å². The monoisotopic (exact) mass is 252 g/mol. The molecule has 17 heavy (non-hydrogen) atoms. The highest BCUT2D eigenvalue weighted by molar-refractivity contribution is 7.80. The molecule has 1 rings (SSSR count). The highest BCUT2D eigenvalue weighted by Gasteiger charge is 2.14. The lowest BCUT2D eigenvalue weighted by molar-refractivity contribution is 0.436. The van der Waals surface area contributed by atoms with Crippen LogP contribution in [0, 0.1) is 5.92 Å². The molecule has 3 N–H and O–H groups in total. The third kappa shape index (κ3) is 3.93. The molecule has 1 heterocycles. The van der Waals surface area contributed by atoms with Gasteiger partial charge in [0.25, 0.3) is 0 Å². The maximum absolute atomic E-state index is 5.54. The van der Waals surface area contributed by atoms with Gasteiger partial charge in [-0.1, -0.05) is 38.9 Å². The van der Waals surface area contributed by atoms with Gasteiger partial charge in [-0.05, 0) is 18.9 Å². The summed E-state index contributed by atoms with van der Waals surface area (Å²) in [5, 5.41) is 3.30. The number of hydrogen-bond donors (Lipinski definition) is 2. The summed E-state index contributed by atoms with van der Waals surface area (Å²) in [5.41, 5.74) is 6.14. The summed E-state index contributed by atoms with van der Waals surface area (Å²) in [4.78, 5) is 8.75. The van der Waals surface area contributed by atoms with Crippen LogP contribution in [0.1, 0.15) is 39.3 Å². The van der Waals surface area contributed by atoms with Gasteiger partial charge >= 0.3 is 0 Å². The molecule has 94 valence electrons. The van der Waals surface area contributed by atoms with Crippen LogP contribution in [0.25, 0.3) is 0 Å². The summed E-state index contributed by atoms with van der Waals surface area (Å²) in [6, 6.07) is 2.06. The summed E-state index contributed by atoms with van der Waals surface area (Å²) in [7, 11) is 0. The Morgan fingerprint density at radius 1 is 1.47 bits per heavy atom. The van der Waals surface area contributed by atoms with Crippen molar-refractivity contribution < 1.29 is 0 Å². The second kappa shape index (κ2) is 6.49. The van der Waals surface area contributed by atoms with E-state index in [9.17, 15) is 0 Å². The number of nitrogens with zero attached hydrogens (tertiary/aromatic N) is 2. The van der Waals surface area contributed by atoms with Gasteiger partial charge in [0.05, 0.1) is 0 Å². The molecule has 1 unspecified atom stereocenters. The molecule has 0 radical (unpaired) electrons. The SMILES string of the molecule is CCC(CC)C(C)Nc1nccc(C(N)=S)n1. The fourth-order valence-electron chi connectivity index (χ4n) is 1.88. The summed E-state index contributed by atoms with van der Waals surface area (Å²) < 4.78 is 0. The molecule has 0 aliphatic rings. The van der Waals surface area contributed by atoms with Gasteiger partial charge in [-0.15, -0.1) is 0 Å². The van der Waals surface area contributed by atoms with E-state index in [4.69, 9.17) is 18.0 Å². The van der Waals surface area contributed by atoms with Gasteiger partial charge in [-0.3, -0.25) is 0 Å². The average Bonchev–Trinajstić information content (AvgIpc) is 2.30. The number of nitrogens with one attached hydrogen (secondary N) is 1. The molecule has 0 aliphatic heterocycles. The Morgan fingerprint density at radius 2 is 2.12 bits per heavy atom. The van der Waals surface area contributed by atoms with E-state index in [0.717, 1.165) is 12.8 Å². The Balaban J connectivity index is 2.74. The Morgan fingerprint density at radius 3 is 2.65 bits per heavy atom. The summed E-state index contributed by atoms with van der Waals surface area (Å²) in [6.45, 7) is 6.53. The molecule has 0 saturated heterocycles. The van der Waals surface area contributed by atoms with Gasteiger partial charge in [-0.2, -0.15) is 0 Å². The van der Waals surface area contributed by atoms with Crippen LogP contribution in [0.3, 0.4) is 0 Å². The highest BCUT2D eigenvalue weighted by Crippen LogP contribution is 2.15. The minimum atomic E-state index is 0.297. The highest BCUT2D eigenvalue weighted by atomic mass is 32.1. The van der Waals surface area contributed by atoms with E-state index in [-0.39, 0.29) is 0 Å². The van der Waals surface area contributed by atoms with Crippen molar-refractivity contribution in [3.8, 4) is 0 Å². The molecule has 0 spiro atoms. The van der Waals surface area contributed by atoms with Crippen LogP contribution in [0.5, 0.6) is 0 Å². The van der Waals surface area contributed by atoms with E-state index in [2.05, 4.69) is 36.1 Å². The number of hydrogen-bond acceptors (Lipinski definition) is 4. The lowest BCUT2D eigenvalue weighted by atomic mass is 9.96. The van der Waals surface area contributed by atoms with E-state index in [1.165, 1.54) is 0 Å². The van der Waals surface area contributed by atoms with Crippen molar-refractivity contribution in [3.05, 3.63) is 18.0 Å². The van der Waals surface area contributed by atoms with Crippen LogP contribution in [0.2, 0.25) is 0 Å². The van der Waals surface area contributed by atoms with Crippen molar-refractivity contribution in [3.63, 3.8) is 0 Å². The zero-order chi connectivity index (χ0) is 12.8. The summed E-state index contributed by atoms with van der Waals surface area (Å²) in [5.74, 6) is 1.21. The quantitative estimate of drug-likeness (QED) is 0.761. The molecule has 0 fully saturated rings. The molecule has 0 aromatic carbocycles. The molecule has 0 bridgehead atoms. The van der Waals surface area contributed by atoms with Gasteiger partial charge in [-0.25, -0.2) is 9.97 Å². The van der Waals surface area contributed by atoms with Crippen LogP contribution in [0.15, 0.2) is 12.3 Å². The fourth-order valence-corrected chi connectivity index (χ4v) is 2.00. The van der Waals surface area contributed by atoms with Crippen molar-refractivity contribution >= 4 is 23.2 Å². The third-order valence-corrected chi connectivity index (χ3v) is 3.23. The maximum Gasteiger partial charge on any atom is 0.223 e. The van der Waals surface area contributed by atoms with Gasteiger partial charge in [0.2, 0.25) is 5.95 Å². The largest absolute Gasteiger partial charge is 0.388 e. The minimum Gasteiger partial charge on any atom is -0.388 e. The van der Waals surface area contributed by atoms with Crippen molar-refractivity contribution in [1.29, 1.82) is 0 Å². The molecular weight excluding hydrogens is 232 g/mol. The number of nitrogens with two attached hydrogens (primary N) is 1. The van der Waals surface area contributed by atoms with Crippen LogP contribution in [0.4, 0.5) is 5.95 Å². The number of anilines is 1. The van der Waals surface area contributed by atoms with Crippen molar-refractivity contribution in [2.24, 2.45) is 11.7 Å². The molecule has 0 amide bonds. The zero-order valence-electron chi connectivity index (χ0n) is 10.6. The van der Waals surface area contributed by atoms with E-state index in [1.54, 1.807) is 12.3 Å². The first kappa shape index (κ1) is 13.8. The van der Waals surface area contributed by atoms with Gasteiger partial charge < -0.3 is 11.1 Å². The third-order valence-electron chi connectivity index (χ3n) is 3.02. The molecule has 5 heteroatoms. The Hall–Kier alpha value is -1.23. The van der Waals surface area contributed by atoms with E-state index in [1.807, 2.05) is 0 Å². The first-order valence-corrected chi connectivity index (χ1v) is 6.38. The maximum atomic E-state index is 5.54. The van der Waals surface area contributed by atoms with E-state index < -0.39 is 0 Å². The Bertz CT molecular complexity index is 377. The lowest BCUT2D eigenvalue weighted by Crippen LogP contribution is -2.26. The average molecular weight is 252 g/mol. The molecule has 1 aromatic heterocycles. The zero-order valence-corrected chi connectivity index (χ0v) is 11.4. The first-order chi connectivity index (χ1) is 8.08. The Kier molecular flexibility index (Phi) is 5.28. The van der Waals surface area contributed by atoms with Crippen molar-refractivity contribution in [2.75, 3.05) is 5.32 Å². The standard InChI is InChI=1S/C12H20N4S/c1-4-9(5-2)8(3)15-12-14-7-6-10(16-12)11(13)17/h6-9H,4-5H2,1-3H3,(H2,13,17)(H,14,15,16). The second-order valence-electron chi connectivity index (χ2n) is 4.14. The van der Waals surface area contributed by atoms with Crippen LogP contribution in [-0.2, 0) is 0 Å². The molecule has 1 atom stereocenters. The van der Waals surface area contributed by atoms with E-state index in [0.29, 0.717) is 28.6 Å². The van der Waals surface area contributed by atoms with Crippen molar-refractivity contribution in [1.82, 2.24) is 9.97 Å². The van der Waals surface area contributed by atoms with Gasteiger partial charge in [0.15, 0.2) is 0 Å². The second-order valence-corrected chi connectivity index (χ2v) is 4.58. The van der Waals surface area contributed by atoms with Crippen molar-refractivity contribution in [2.45, 2.75) is 39.7 Å². The summed E-state index contributed by atoms with van der Waals surface area (Å²) in [6.07, 6.45) is 3.95. The van der Waals surface area contributed by atoms with E-state index >= 15 is 0 Å².